The smallest absolute Gasteiger partial charge is 0.261 e. The van der Waals surface area contributed by atoms with Crippen LogP contribution in [0.25, 0.3) is 10.9 Å². The van der Waals surface area contributed by atoms with E-state index in [-0.39, 0.29) is 5.56 Å². The summed E-state index contributed by atoms with van der Waals surface area (Å²) in [5, 5.41) is 13.1. The number of hydrogen-bond acceptors (Lipinski definition) is 4. The van der Waals surface area contributed by atoms with Crippen molar-refractivity contribution >= 4 is 22.4 Å². The molecule has 0 radical (unpaired) electrons. The van der Waals surface area contributed by atoms with Crippen LogP contribution in [0.2, 0.25) is 0 Å². The van der Waals surface area contributed by atoms with Gasteiger partial charge in [-0.05, 0) is 42.7 Å². The number of H-pyrrole nitrogens is 1. The summed E-state index contributed by atoms with van der Waals surface area (Å²) in [7, 11) is 0. The van der Waals surface area contributed by atoms with Crippen LogP contribution in [0.3, 0.4) is 0 Å². The van der Waals surface area contributed by atoms with E-state index in [4.69, 9.17) is 5.10 Å². The maximum atomic E-state index is 12.6. The summed E-state index contributed by atoms with van der Waals surface area (Å²) < 4.78 is 3.94. The Morgan fingerprint density at radius 2 is 2.03 bits per heavy atom. The first-order valence-corrected chi connectivity index (χ1v) is 10.2. The number of anilines is 2. The molecule has 0 atom stereocenters. The van der Waals surface area contributed by atoms with E-state index in [9.17, 15) is 4.79 Å². The van der Waals surface area contributed by atoms with Gasteiger partial charge in [-0.25, -0.2) is 0 Å². The molecule has 0 amide bonds. The summed E-state index contributed by atoms with van der Waals surface area (Å²) in [6.45, 7) is 0.695. The third kappa shape index (κ3) is 3.55. The lowest BCUT2D eigenvalue weighted by molar-refractivity contribution is 0.338. The van der Waals surface area contributed by atoms with E-state index in [0.717, 1.165) is 29.6 Å². The van der Waals surface area contributed by atoms with Crippen LogP contribution in [-0.2, 0) is 6.54 Å². The molecule has 4 aromatic rings. The van der Waals surface area contributed by atoms with Crippen LogP contribution in [0.1, 0.15) is 43.7 Å². The highest BCUT2D eigenvalue weighted by Gasteiger charge is 2.22. The Kier molecular flexibility index (Phi) is 4.63. The molecule has 5 rings (SSSR count). The predicted molar refractivity (Wildman–Crippen MR) is 114 cm³/mol. The third-order valence-electron chi connectivity index (χ3n) is 5.64. The molecule has 1 saturated carbocycles. The Hall–Kier alpha value is -3.35. The number of fused-ring (bicyclic) bond motifs is 1. The maximum absolute atomic E-state index is 12.6. The van der Waals surface area contributed by atoms with Crippen LogP contribution >= 0.6 is 0 Å². The van der Waals surface area contributed by atoms with Gasteiger partial charge in [0, 0.05) is 24.3 Å². The van der Waals surface area contributed by atoms with Gasteiger partial charge in [0.15, 0.2) is 5.82 Å². The largest absolute Gasteiger partial charge is 0.338 e. The first-order chi connectivity index (χ1) is 14.3. The SMILES string of the molecule is O=c1[nH]ccc2c1c(Nc1cccc(Cn3cccn3)c1)nn2C1CCCCC1. The van der Waals surface area contributed by atoms with Crippen molar-refractivity contribution in [3.63, 3.8) is 0 Å². The molecule has 0 saturated heterocycles. The van der Waals surface area contributed by atoms with Crippen molar-refractivity contribution in [1.82, 2.24) is 24.5 Å². The summed E-state index contributed by atoms with van der Waals surface area (Å²) in [5.41, 5.74) is 2.83. The van der Waals surface area contributed by atoms with Crippen molar-refractivity contribution in [2.45, 2.75) is 44.7 Å². The van der Waals surface area contributed by atoms with Gasteiger partial charge < -0.3 is 10.3 Å². The molecule has 1 aliphatic rings. The van der Waals surface area contributed by atoms with E-state index in [1.54, 1.807) is 12.4 Å². The monoisotopic (exact) mass is 388 g/mol. The Morgan fingerprint density at radius 1 is 1.14 bits per heavy atom. The third-order valence-corrected chi connectivity index (χ3v) is 5.64. The van der Waals surface area contributed by atoms with Gasteiger partial charge in [0.25, 0.3) is 5.56 Å². The molecule has 29 heavy (non-hydrogen) atoms. The normalized spacial score (nSPS) is 15.0. The number of nitrogens with one attached hydrogen (secondary N) is 2. The van der Waals surface area contributed by atoms with Crippen molar-refractivity contribution in [3.05, 3.63) is 70.9 Å². The van der Waals surface area contributed by atoms with Gasteiger partial charge in [-0.3, -0.25) is 14.2 Å². The van der Waals surface area contributed by atoms with Crippen LogP contribution < -0.4 is 10.9 Å². The lowest BCUT2D eigenvalue weighted by Crippen LogP contribution is -2.14. The van der Waals surface area contributed by atoms with Gasteiger partial charge in [-0.15, -0.1) is 0 Å². The first kappa shape index (κ1) is 17.7. The van der Waals surface area contributed by atoms with Crippen molar-refractivity contribution in [1.29, 1.82) is 0 Å². The first-order valence-electron chi connectivity index (χ1n) is 10.2. The summed E-state index contributed by atoms with van der Waals surface area (Å²) in [6, 6.07) is 12.4. The number of benzene rings is 1. The molecule has 2 N–H and O–H groups in total. The second-order valence-corrected chi connectivity index (χ2v) is 7.68. The van der Waals surface area contributed by atoms with Crippen LogP contribution in [0.15, 0.2) is 59.8 Å². The maximum Gasteiger partial charge on any atom is 0.261 e. The Bertz CT molecular complexity index is 1170. The molecule has 0 spiro atoms. The number of aromatic nitrogens is 5. The van der Waals surface area contributed by atoms with Gasteiger partial charge in [-0.2, -0.15) is 10.2 Å². The van der Waals surface area contributed by atoms with Gasteiger partial charge in [0.2, 0.25) is 0 Å². The molecular weight excluding hydrogens is 364 g/mol. The molecule has 7 nitrogen and oxygen atoms in total. The zero-order valence-corrected chi connectivity index (χ0v) is 16.2. The lowest BCUT2D eigenvalue weighted by Gasteiger charge is -2.22. The molecule has 148 valence electrons. The molecule has 1 aliphatic carbocycles. The minimum Gasteiger partial charge on any atom is -0.338 e. The van der Waals surface area contributed by atoms with E-state index in [0.29, 0.717) is 23.8 Å². The number of aromatic amines is 1. The fourth-order valence-corrected chi connectivity index (χ4v) is 4.26. The lowest BCUT2D eigenvalue weighted by atomic mass is 9.95. The van der Waals surface area contributed by atoms with Crippen LogP contribution in [0.4, 0.5) is 11.5 Å². The average Bonchev–Trinajstić information content (AvgIpc) is 3.38. The predicted octanol–water partition coefficient (Wildman–Crippen LogP) is 4.22. The number of nitrogens with zero attached hydrogens (tertiary/aromatic N) is 4. The van der Waals surface area contributed by atoms with E-state index in [2.05, 4.69) is 32.2 Å². The van der Waals surface area contributed by atoms with Crippen LogP contribution in [0, 0.1) is 0 Å². The molecule has 0 unspecified atom stereocenters. The van der Waals surface area contributed by atoms with Crippen molar-refractivity contribution < 1.29 is 0 Å². The topological polar surface area (TPSA) is 80.5 Å². The van der Waals surface area contributed by atoms with Crippen LogP contribution in [-0.4, -0.2) is 24.5 Å². The summed E-state index contributed by atoms with van der Waals surface area (Å²) in [6.07, 6.45) is 11.4. The highest BCUT2D eigenvalue weighted by Crippen LogP contribution is 2.32. The molecule has 1 aromatic carbocycles. The average molecular weight is 388 g/mol. The van der Waals surface area contributed by atoms with Gasteiger partial charge in [0.1, 0.15) is 5.39 Å². The van der Waals surface area contributed by atoms with Crippen molar-refractivity contribution in [2.75, 3.05) is 5.32 Å². The summed E-state index contributed by atoms with van der Waals surface area (Å²) in [4.78, 5) is 15.4. The van der Waals surface area contributed by atoms with Gasteiger partial charge >= 0.3 is 0 Å². The fraction of sp³-hybridized carbons (Fsp3) is 0.318. The van der Waals surface area contributed by atoms with Crippen LogP contribution in [0.5, 0.6) is 0 Å². The van der Waals surface area contributed by atoms with Gasteiger partial charge in [0.05, 0.1) is 18.1 Å². The minimum absolute atomic E-state index is 0.111. The van der Waals surface area contributed by atoms with Crippen molar-refractivity contribution in [3.8, 4) is 0 Å². The molecule has 1 fully saturated rings. The summed E-state index contributed by atoms with van der Waals surface area (Å²) in [5.74, 6) is 0.615. The molecule has 0 bridgehead atoms. The highest BCUT2D eigenvalue weighted by molar-refractivity contribution is 5.91. The van der Waals surface area contributed by atoms with Crippen molar-refractivity contribution in [2.24, 2.45) is 0 Å². The van der Waals surface area contributed by atoms with E-state index >= 15 is 0 Å². The van der Waals surface area contributed by atoms with E-state index in [1.807, 2.05) is 35.1 Å². The number of rotatable bonds is 5. The highest BCUT2D eigenvalue weighted by atomic mass is 16.1. The second kappa shape index (κ2) is 7.58. The zero-order chi connectivity index (χ0) is 19.6. The Balaban J connectivity index is 1.50. The molecule has 3 heterocycles. The molecule has 7 heteroatoms. The second-order valence-electron chi connectivity index (χ2n) is 7.68. The Labute approximate surface area is 168 Å². The Morgan fingerprint density at radius 3 is 2.86 bits per heavy atom. The summed E-state index contributed by atoms with van der Waals surface area (Å²) >= 11 is 0. The van der Waals surface area contributed by atoms with Gasteiger partial charge in [-0.1, -0.05) is 31.4 Å². The van der Waals surface area contributed by atoms with E-state index in [1.165, 1.54) is 19.3 Å². The fourth-order valence-electron chi connectivity index (χ4n) is 4.26. The minimum atomic E-state index is -0.111. The van der Waals surface area contributed by atoms with E-state index < -0.39 is 0 Å². The number of pyridine rings is 1. The number of hydrogen-bond donors (Lipinski definition) is 2. The molecule has 0 aliphatic heterocycles. The molecular formula is C22H24N6O. The molecule has 3 aromatic heterocycles. The standard InChI is InChI=1S/C22H24N6O/c29-22-20-19(10-12-23-22)28(18-8-2-1-3-9-18)26-21(20)25-17-7-4-6-16(14-17)15-27-13-5-11-24-27/h4-7,10-14,18H,1-3,8-9,15H2,(H,23,29)(H,25,26). The quantitative estimate of drug-likeness (QED) is 0.536. The zero-order valence-electron chi connectivity index (χ0n) is 16.2.